The van der Waals surface area contributed by atoms with Crippen LogP contribution in [0.1, 0.15) is 126 Å². The lowest BCUT2D eigenvalue weighted by molar-refractivity contribution is -0.870. The number of hydrogen-bond donors (Lipinski definition) is 2. The molecule has 2 N–H and O–H groups in total. The monoisotopic (exact) mass is 983 g/mol. The zero-order chi connectivity index (χ0) is 50.0. The molecule has 14 nitrogen and oxygen atoms in total. The Balaban J connectivity index is 1.26. The molecule has 69 heavy (non-hydrogen) atoms. The van der Waals surface area contributed by atoms with Crippen LogP contribution in [0, 0.1) is 11.8 Å². The third kappa shape index (κ3) is 32.2. The smallest absolute Gasteiger partial charge is 0.472 e. The number of ketones is 1. The number of benzene rings is 2. The fraction of sp³-hybridized carbons (Fsp3) is 0.685. The van der Waals surface area contributed by atoms with Crippen LogP contribution in [0.3, 0.4) is 0 Å². The van der Waals surface area contributed by atoms with Crippen LogP contribution >= 0.6 is 7.82 Å². The first kappa shape index (κ1) is 59.8. The van der Waals surface area contributed by atoms with Crippen LogP contribution in [0.5, 0.6) is 0 Å². The maximum atomic E-state index is 12.9. The summed E-state index contributed by atoms with van der Waals surface area (Å²) < 4.78 is 28.4. The lowest BCUT2D eigenvalue weighted by Crippen LogP contribution is -2.48. The van der Waals surface area contributed by atoms with E-state index in [1.807, 2.05) is 61.3 Å². The van der Waals surface area contributed by atoms with E-state index in [9.17, 15) is 28.9 Å². The van der Waals surface area contributed by atoms with Gasteiger partial charge in [0.25, 0.3) is 0 Å². The van der Waals surface area contributed by atoms with E-state index in [2.05, 4.69) is 45.9 Å². The number of quaternary nitrogens is 1. The summed E-state index contributed by atoms with van der Waals surface area (Å²) in [7, 11) is 2.09. The minimum Gasteiger partial charge on any atom is -0.480 e. The van der Waals surface area contributed by atoms with Gasteiger partial charge in [0.1, 0.15) is 25.5 Å². The predicted octanol–water partition coefficient (Wildman–Crippen LogP) is 8.30. The van der Waals surface area contributed by atoms with Gasteiger partial charge in [-0.3, -0.25) is 43.0 Å². The van der Waals surface area contributed by atoms with Crippen LogP contribution in [-0.2, 0) is 45.8 Å². The summed E-state index contributed by atoms with van der Waals surface area (Å²) in [6, 6.07) is 18.2. The zero-order valence-electron chi connectivity index (χ0n) is 43.0. The Labute approximate surface area is 416 Å². The second-order valence-electron chi connectivity index (χ2n) is 19.9. The van der Waals surface area contributed by atoms with Gasteiger partial charge in [0.15, 0.2) is 0 Å². The summed E-state index contributed by atoms with van der Waals surface area (Å²) in [5.74, 6) is 5.56. The van der Waals surface area contributed by atoms with E-state index in [1.54, 1.807) is 6.92 Å². The third-order valence-corrected chi connectivity index (χ3v) is 13.5. The molecule has 0 aromatic heterocycles. The number of carbonyl (C=O) groups excluding carboxylic acids is 2. The first-order chi connectivity index (χ1) is 33.2. The van der Waals surface area contributed by atoms with Crippen molar-refractivity contribution >= 4 is 25.5 Å². The Morgan fingerprint density at radius 1 is 0.594 bits per heavy atom. The van der Waals surface area contributed by atoms with Gasteiger partial charge < -0.3 is 19.2 Å². The van der Waals surface area contributed by atoms with Crippen LogP contribution in [0.25, 0.3) is 0 Å². The summed E-state index contributed by atoms with van der Waals surface area (Å²) in [4.78, 5) is 55.0. The molecular formula is C54H89N5O9P+. The van der Waals surface area contributed by atoms with Crippen molar-refractivity contribution in [3.8, 4) is 11.8 Å². The van der Waals surface area contributed by atoms with Crippen LogP contribution in [0.4, 0.5) is 0 Å². The van der Waals surface area contributed by atoms with Gasteiger partial charge in [0.2, 0.25) is 0 Å². The molecule has 0 spiro atoms. The number of esters is 1. The number of ether oxygens (including phenoxy) is 1. The Kier molecular flexibility index (Phi) is 30.9. The second kappa shape index (κ2) is 35.6. The maximum Gasteiger partial charge on any atom is 0.472 e. The lowest BCUT2D eigenvalue weighted by Gasteiger charge is -2.32. The summed E-state index contributed by atoms with van der Waals surface area (Å²) in [5.41, 5.74) is 3.24. The number of nitrogens with zero attached hydrogens (tertiary/aromatic N) is 5. The number of phosphoric acid groups is 1. The maximum absolute atomic E-state index is 12.9. The van der Waals surface area contributed by atoms with E-state index < -0.39 is 13.8 Å². The normalized spacial score (nSPS) is 15.9. The average Bonchev–Trinajstić information content (AvgIpc) is 3.29. The zero-order valence-corrected chi connectivity index (χ0v) is 43.9. The quantitative estimate of drug-likeness (QED) is 0.0233. The molecule has 1 atom stereocenters. The number of carboxylic acid groups (broad SMARTS) is 1. The summed E-state index contributed by atoms with van der Waals surface area (Å²) in [6.45, 7) is 8.40. The summed E-state index contributed by atoms with van der Waals surface area (Å²) in [5, 5.41) is 9.69. The molecule has 1 aliphatic heterocycles. The average molecular weight is 983 g/mol. The van der Waals surface area contributed by atoms with Crippen LogP contribution in [0.2, 0.25) is 0 Å². The first-order valence-electron chi connectivity index (χ1n) is 26.0. The van der Waals surface area contributed by atoms with Crippen molar-refractivity contribution in [2.75, 3.05) is 119 Å². The molecule has 1 fully saturated rings. The number of carboxylic acids is 1. The minimum atomic E-state index is -3.94. The van der Waals surface area contributed by atoms with Gasteiger partial charge in [-0.1, -0.05) is 144 Å². The third-order valence-electron chi connectivity index (χ3n) is 12.5. The van der Waals surface area contributed by atoms with Gasteiger partial charge in [-0.15, -0.1) is 0 Å². The molecule has 1 aliphatic rings. The molecule has 0 bridgehead atoms. The van der Waals surface area contributed by atoms with Crippen molar-refractivity contribution in [3.63, 3.8) is 0 Å². The van der Waals surface area contributed by atoms with Crippen molar-refractivity contribution in [1.82, 2.24) is 19.6 Å². The molecule has 15 heteroatoms. The summed E-state index contributed by atoms with van der Waals surface area (Å²) >= 11 is 0. The second-order valence-corrected chi connectivity index (χ2v) is 21.4. The predicted molar refractivity (Wildman–Crippen MR) is 276 cm³/mol. The number of unbranched alkanes of at least 4 members (excludes halogenated alkanes) is 15. The number of carbonyl (C=O) groups is 3. The largest absolute Gasteiger partial charge is 0.480 e. The molecule has 1 unspecified atom stereocenters. The molecule has 2 aromatic rings. The Bertz CT molecular complexity index is 1790. The summed E-state index contributed by atoms with van der Waals surface area (Å²) in [6.07, 6.45) is 20.8. The van der Waals surface area contributed by atoms with Gasteiger partial charge in [-0.25, -0.2) is 4.57 Å². The first-order valence-corrected chi connectivity index (χ1v) is 27.5. The lowest BCUT2D eigenvalue weighted by atomic mass is 10.0. The van der Waals surface area contributed by atoms with E-state index in [1.165, 1.54) is 89.0 Å². The molecule has 1 heterocycles. The van der Waals surface area contributed by atoms with E-state index in [-0.39, 0.29) is 44.7 Å². The van der Waals surface area contributed by atoms with Crippen molar-refractivity contribution in [2.24, 2.45) is 0 Å². The molecule has 1 saturated heterocycles. The van der Waals surface area contributed by atoms with Gasteiger partial charge in [-0.2, -0.15) is 0 Å². The highest BCUT2D eigenvalue weighted by atomic mass is 31.2. The van der Waals surface area contributed by atoms with Crippen molar-refractivity contribution in [1.29, 1.82) is 0 Å². The van der Waals surface area contributed by atoms with Crippen LogP contribution in [0.15, 0.2) is 54.6 Å². The molecule has 0 aliphatic carbocycles. The van der Waals surface area contributed by atoms with Gasteiger partial charge in [0.05, 0.1) is 53.9 Å². The van der Waals surface area contributed by atoms with Gasteiger partial charge in [-0.05, 0) is 49.4 Å². The molecule has 0 amide bonds. The highest BCUT2D eigenvalue weighted by molar-refractivity contribution is 7.47. The topological polar surface area (TPSA) is 149 Å². The van der Waals surface area contributed by atoms with E-state index >= 15 is 0 Å². The highest BCUT2D eigenvalue weighted by Crippen LogP contribution is 2.43. The highest BCUT2D eigenvalue weighted by Gasteiger charge is 2.23. The Morgan fingerprint density at radius 3 is 1.57 bits per heavy atom. The number of phosphoric ester groups is 1. The molecule has 3 rings (SSSR count). The van der Waals surface area contributed by atoms with Crippen LogP contribution in [-0.4, -0.2) is 171 Å². The molecule has 0 radical (unpaired) electrons. The van der Waals surface area contributed by atoms with Gasteiger partial charge >= 0.3 is 19.8 Å². The molecule has 388 valence electrons. The minimum absolute atomic E-state index is 0.0848. The van der Waals surface area contributed by atoms with E-state index in [4.69, 9.17) is 13.8 Å². The number of aliphatic carboxylic acids is 1. The van der Waals surface area contributed by atoms with Crippen molar-refractivity contribution in [2.45, 2.75) is 123 Å². The standard InChI is InChI=1S/C54H88N5O9P/c1-49(60)45-56-36-34-55(35-37-57(46-53(61)62)39-41-58(40-38-56)47-54(63)66-48-52-26-21-19-22-27-52)33-24-28-51-31-29-50(30-32-51)25-20-17-15-13-11-9-7-5-6-8-10-12-14-16-18-23-43-67-69(64,65)68-44-42-59(2,3)4/h19,21-22,26-27,29-32H,5-18,20,23,25,33-48H2,1-4H3,(H-,61,62,64,65)/p+1. The molecular weight excluding hydrogens is 894 g/mol. The van der Waals surface area contributed by atoms with Gasteiger partial charge in [0, 0.05) is 57.9 Å². The Morgan fingerprint density at radius 2 is 1.06 bits per heavy atom. The number of rotatable bonds is 33. The molecule has 2 aromatic carbocycles. The number of Topliss-reactive ketones (excluding diaryl/α,β-unsaturated/α-hetero) is 1. The SMILES string of the molecule is CC(=O)CN1CCN(CC#Cc2ccc(CCCCCCCCCCCCCCCCCCOP(=O)(O)OCC[N+](C)(C)C)cc2)CCN(CC(=O)O)CCN(CC(=O)OCc2ccccc2)CC1. The Hall–Kier alpha value is -3.48. The molecule has 0 saturated carbocycles. The fourth-order valence-electron chi connectivity index (χ4n) is 8.24. The number of likely N-dealkylation sites (N-methyl/N-ethyl adjacent to an activating group) is 1. The van der Waals surface area contributed by atoms with Crippen molar-refractivity contribution < 1.29 is 47.2 Å². The number of aryl methyl sites for hydroxylation is 1. The fourth-order valence-corrected chi connectivity index (χ4v) is 8.99. The van der Waals surface area contributed by atoms with Crippen molar-refractivity contribution in [3.05, 3.63) is 71.3 Å². The van der Waals surface area contributed by atoms with E-state index in [0.717, 1.165) is 36.8 Å². The number of hydrogen-bond acceptors (Lipinski definition) is 11. The van der Waals surface area contributed by atoms with E-state index in [0.29, 0.717) is 76.5 Å². The van der Waals surface area contributed by atoms with Crippen LogP contribution < -0.4 is 0 Å².